The predicted octanol–water partition coefficient (Wildman–Crippen LogP) is 2.24. The van der Waals surface area contributed by atoms with Crippen molar-refractivity contribution in [2.75, 3.05) is 19.6 Å². The van der Waals surface area contributed by atoms with Crippen LogP contribution >= 0.6 is 15.9 Å². The van der Waals surface area contributed by atoms with Crippen LogP contribution in [0.15, 0.2) is 28.7 Å². The van der Waals surface area contributed by atoms with Gasteiger partial charge < -0.3 is 15.3 Å². The molecule has 2 saturated heterocycles. The van der Waals surface area contributed by atoms with Crippen molar-refractivity contribution in [2.24, 2.45) is 0 Å². The highest BCUT2D eigenvalue weighted by Crippen LogP contribution is 2.25. The summed E-state index contributed by atoms with van der Waals surface area (Å²) in [5.41, 5.74) is 1.13. The topological polar surface area (TPSA) is 90.0 Å². The van der Waals surface area contributed by atoms with Crippen LogP contribution in [-0.2, 0) is 16.0 Å². The molecule has 27 heavy (non-hydrogen) atoms. The van der Waals surface area contributed by atoms with Crippen molar-refractivity contribution in [2.45, 2.75) is 44.2 Å². The van der Waals surface area contributed by atoms with Gasteiger partial charge in [-0.1, -0.05) is 28.1 Å². The standard InChI is InChI=1S/C19H24BrN3O4/c20-14-7-5-13(6-8-14)9-10-21-17(24)15-3-1-11-22(15)18(25)16-4-2-12-23(16)19(26)27/h5-8,15-16H,1-4,9-12H2,(H,21,24)(H,26,27)/t15-,16?/m0/s1. The molecule has 8 heteroatoms. The molecule has 2 aliphatic rings. The van der Waals surface area contributed by atoms with Crippen LogP contribution in [0.25, 0.3) is 0 Å². The molecule has 2 N–H and O–H groups in total. The highest BCUT2D eigenvalue weighted by molar-refractivity contribution is 9.10. The fourth-order valence-corrected chi connectivity index (χ4v) is 4.11. The van der Waals surface area contributed by atoms with Crippen LogP contribution in [0.1, 0.15) is 31.2 Å². The summed E-state index contributed by atoms with van der Waals surface area (Å²) in [6, 6.07) is 6.77. The molecule has 0 saturated carbocycles. The van der Waals surface area contributed by atoms with Crippen LogP contribution in [0.4, 0.5) is 4.79 Å². The van der Waals surface area contributed by atoms with Crippen molar-refractivity contribution in [3.8, 4) is 0 Å². The summed E-state index contributed by atoms with van der Waals surface area (Å²) >= 11 is 3.40. The van der Waals surface area contributed by atoms with E-state index in [4.69, 9.17) is 0 Å². The van der Waals surface area contributed by atoms with Gasteiger partial charge in [-0.15, -0.1) is 0 Å². The van der Waals surface area contributed by atoms with Crippen molar-refractivity contribution < 1.29 is 19.5 Å². The Hall–Kier alpha value is -2.09. The van der Waals surface area contributed by atoms with Crippen LogP contribution < -0.4 is 5.32 Å². The second kappa shape index (κ2) is 8.73. The lowest BCUT2D eigenvalue weighted by molar-refractivity contribution is -0.141. The molecule has 1 aromatic carbocycles. The highest BCUT2D eigenvalue weighted by Gasteiger charge is 2.41. The first-order valence-electron chi connectivity index (χ1n) is 9.29. The number of carbonyl (C=O) groups excluding carboxylic acids is 2. The largest absolute Gasteiger partial charge is 0.465 e. The number of hydrogen-bond donors (Lipinski definition) is 2. The van der Waals surface area contributed by atoms with E-state index in [2.05, 4.69) is 21.2 Å². The molecule has 7 nitrogen and oxygen atoms in total. The minimum absolute atomic E-state index is 0.155. The molecule has 2 aliphatic heterocycles. The third-order valence-corrected chi connectivity index (χ3v) is 5.78. The molecule has 0 aromatic heterocycles. The van der Waals surface area contributed by atoms with Gasteiger partial charge in [-0.05, 0) is 49.8 Å². The number of carbonyl (C=O) groups is 3. The molecule has 2 atom stereocenters. The van der Waals surface area contributed by atoms with E-state index in [0.717, 1.165) is 22.9 Å². The maximum absolute atomic E-state index is 12.8. The first-order chi connectivity index (χ1) is 13.0. The third-order valence-electron chi connectivity index (χ3n) is 5.25. The Bertz CT molecular complexity index is 709. The molecule has 146 valence electrons. The minimum atomic E-state index is -1.07. The Labute approximate surface area is 166 Å². The molecule has 2 fully saturated rings. The lowest BCUT2D eigenvalue weighted by atomic mass is 10.1. The lowest BCUT2D eigenvalue weighted by Gasteiger charge is -2.29. The van der Waals surface area contributed by atoms with E-state index >= 15 is 0 Å². The summed E-state index contributed by atoms with van der Waals surface area (Å²) in [5.74, 6) is -0.390. The number of halogens is 1. The van der Waals surface area contributed by atoms with E-state index in [1.165, 1.54) is 4.90 Å². The van der Waals surface area contributed by atoms with Gasteiger partial charge in [0, 0.05) is 24.1 Å². The van der Waals surface area contributed by atoms with Gasteiger partial charge in [0.15, 0.2) is 0 Å². The first kappa shape index (κ1) is 19.7. The van der Waals surface area contributed by atoms with Gasteiger partial charge in [-0.3, -0.25) is 14.5 Å². The van der Waals surface area contributed by atoms with E-state index in [1.807, 2.05) is 24.3 Å². The Kier molecular flexibility index (Phi) is 6.36. The molecule has 0 aliphatic carbocycles. The molecule has 0 bridgehead atoms. The summed E-state index contributed by atoms with van der Waals surface area (Å²) in [7, 11) is 0. The van der Waals surface area contributed by atoms with Gasteiger partial charge in [0.1, 0.15) is 12.1 Å². The SMILES string of the molecule is O=C(NCCc1ccc(Br)cc1)[C@@H]1CCCN1C(=O)C1CCCN1C(=O)O. The Morgan fingerprint density at radius 3 is 2.33 bits per heavy atom. The van der Waals surface area contributed by atoms with Crippen LogP contribution in [0, 0.1) is 0 Å². The molecule has 3 rings (SSSR count). The van der Waals surface area contributed by atoms with Crippen LogP contribution in [0.2, 0.25) is 0 Å². The summed E-state index contributed by atoms with van der Waals surface area (Å²) in [4.78, 5) is 39.5. The lowest BCUT2D eigenvalue weighted by Crippen LogP contribution is -2.52. The van der Waals surface area contributed by atoms with Crippen LogP contribution in [-0.4, -0.2) is 64.5 Å². The third kappa shape index (κ3) is 4.61. The van der Waals surface area contributed by atoms with Gasteiger partial charge in [-0.2, -0.15) is 0 Å². The zero-order valence-electron chi connectivity index (χ0n) is 15.1. The van der Waals surface area contributed by atoms with E-state index < -0.39 is 18.2 Å². The second-order valence-corrected chi connectivity index (χ2v) is 7.91. The molecule has 0 radical (unpaired) electrons. The smallest absolute Gasteiger partial charge is 0.407 e. The number of carboxylic acid groups (broad SMARTS) is 1. The van der Waals surface area contributed by atoms with Crippen molar-refractivity contribution in [3.63, 3.8) is 0 Å². The molecule has 1 aromatic rings. The molecular weight excluding hydrogens is 414 g/mol. The molecule has 2 heterocycles. The van der Waals surface area contributed by atoms with E-state index in [1.54, 1.807) is 4.90 Å². The average molecular weight is 438 g/mol. The number of rotatable bonds is 5. The Morgan fingerprint density at radius 2 is 1.67 bits per heavy atom. The monoisotopic (exact) mass is 437 g/mol. The van der Waals surface area contributed by atoms with E-state index in [-0.39, 0.29) is 11.8 Å². The zero-order valence-corrected chi connectivity index (χ0v) is 16.7. The van der Waals surface area contributed by atoms with Crippen molar-refractivity contribution >= 4 is 33.8 Å². The fraction of sp³-hybridized carbons (Fsp3) is 0.526. The molecular formula is C19H24BrN3O4. The number of likely N-dealkylation sites (tertiary alicyclic amines) is 2. The van der Waals surface area contributed by atoms with Gasteiger partial charge in [-0.25, -0.2) is 4.79 Å². The number of hydrogen-bond acceptors (Lipinski definition) is 3. The van der Waals surface area contributed by atoms with Crippen molar-refractivity contribution in [1.29, 1.82) is 0 Å². The summed E-state index contributed by atoms with van der Waals surface area (Å²) in [6.45, 7) is 1.39. The summed E-state index contributed by atoms with van der Waals surface area (Å²) in [6.07, 6.45) is 2.24. The fourth-order valence-electron chi connectivity index (χ4n) is 3.85. The summed E-state index contributed by atoms with van der Waals surface area (Å²) < 4.78 is 1.01. The molecule has 0 spiro atoms. The highest BCUT2D eigenvalue weighted by atomic mass is 79.9. The normalized spacial score (nSPS) is 22.1. The first-order valence-corrected chi connectivity index (χ1v) is 10.1. The van der Waals surface area contributed by atoms with Gasteiger partial charge in [0.25, 0.3) is 0 Å². The average Bonchev–Trinajstić information content (AvgIpc) is 3.32. The molecule has 3 amide bonds. The number of benzene rings is 1. The maximum atomic E-state index is 12.8. The number of nitrogens with zero attached hydrogens (tertiary/aromatic N) is 2. The number of amides is 3. The summed E-state index contributed by atoms with van der Waals surface area (Å²) in [5, 5.41) is 12.2. The minimum Gasteiger partial charge on any atom is -0.465 e. The van der Waals surface area contributed by atoms with Crippen LogP contribution in [0.3, 0.4) is 0 Å². The Morgan fingerprint density at radius 1 is 1.04 bits per heavy atom. The number of nitrogens with one attached hydrogen (secondary N) is 1. The second-order valence-electron chi connectivity index (χ2n) is 6.99. The maximum Gasteiger partial charge on any atom is 0.407 e. The van der Waals surface area contributed by atoms with Crippen LogP contribution in [0.5, 0.6) is 0 Å². The van der Waals surface area contributed by atoms with Gasteiger partial charge in [0.05, 0.1) is 0 Å². The predicted molar refractivity (Wildman–Crippen MR) is 103 cm³/mol. The van der Waals surface area contributed by atoms with E-state index in [9.17, 15) is 19.5 Å². The van der Waals surface area contributed by atoms with Crippen molar-refractivity contribution in [3.05, 3.63) is 34.3 Å². The van der Waals surface area contributed by atoms with Gasteiger partial charge >= 0.3 is 6.09 Å². The Balaban J connectivity index is 1.55. The van der Waals surface area contributed by atoms with Crippen molar-refractivity contribution in [1.82, 2.24) is 15.1 Å². The molecule has 1 unspecified atom stereocenters. The zero-order chi connectivity index (χ0) is 19.4. The van der Waals surface area contributed by atoms with Gasteiger partial charge in [0.2, 0.25) is 11.8 Å². The quantitative estimate of drug-likeness (QED) is 0.738. The van der Waals surface area contributed by atoms with E-state index in [0.29, 0.717) is 38.9 Å².